The van der Waals surface area contributed by atoms with E-state index in [0.717, 1.165) is 12.1 Å². The minimum Gasteiger partial charge on any atom is -0.366 e. The van der Waals surface area contributed by atoms with Crippen LogP contribution in [0.5, 0.6) is 0 Å². The molecular formula is C11H10F3NO. The zero-order chi connectivity index (χ0) is 12.3. The van der Waals surface area contributed by atoms with Crippen molar-refractivity contribution in [2.45, 2.75) is 13.1 Å². The summed E-state index contributed by atoms with van der Waals surface area (Å²) in [5.74, 6) is -0.876. The highest BCUT2D eigenvalue weighted by Crippen LogP contribution is 2.30. The summed E-state index contributed by atoms with van der Waals surface area (Å²) < 4.78 is 37.1. The molecule has 0 aliphatic carbocycles. The molecule has 0 fully saturated rings. The zero-order valence-corrected chi connectivity index (χ0v) is 8.51. The van der Waals surface area contributed by atoms with Crippen molar-refractivity contribution in [3.8, 4) is 0 Å². The van der Waals surface area contributed by atoms with Crippen LogP contribution in [0.25, 0.3) is 6.08 Å². The predicted molar refractivity (Wildman–Crippen MR) is 54.7 cm³/mol. The number of carbonyl (C=O) groups excluding carboxylic acids is 1. The maximum Gasteiger partial charge on any atom is 0.416 e. The van der Waals surface area contributed by atoms with Gasteiger partial charge in [0.2, 0.25) is 5.91 Å². The normalized spacial score (nSPS) is 12.0. The van der Waals surface area contributed by atoms with E-state index in [0.29, 0.717) is 5.56 Å². The van der Waals surface area contributed by atoms with Crippen molar-refractivity contribution >= 4 is 12.0 Å². The highest BCUT2D eigenvalue weighted by Gasteiger charge is 2.31. The lowest BCUT2D eigenvalue weighted by atomic mass is 10.0. The summed E-state index contributed by atoms with van der Waals surface area (Å²) in [5, 5.41) is 0. The van der Waals surface area contributed by atoms with Crippen LogP contribution in [0, 0.1) is 0 Å². The van der Waals surface area contributed by atoms with Crippen molar-refractivity contribution < 1.29 is 18.0 Å². The number of alkyl halides is 3. The minimum absolute atomic E-state index is 0.132. The summed E-state index contributed by atoms with van der Waals surface area (Å²) in [4.78, 5) is 11.0. The number of hydrogen-bond acceptors (Lipinski definition) is 1. The van der Waals surface area contributed by atoms with Crippen LogP contribution >= 0.6 is 0 Å². The Morgan fingerprint density at radius 2 is 2.00 bits per heavy atom. The van der Waals surface area contributed by atoms with Gasteiger partial charge in [0, 0.05) is 5.56 Å². The van der Waals surface area contributed by atoms with Crippen LogP contribution in [0.4, 0.5) is 13.2 Å². The topological polar surface area (TPSA) is 43.1 Å². The van der Waals surface area contributed by atoms with Crippen LogP contribution < -0.4 is 5.73 Å². The molecule has 1 rings (SSSR count). The van der Waals surface area contributed by atoms with Gasteiger partial charge in [0.05, 0.1) is 5.56 Å². The van der Waals surface area contributed by atoms with Crippen LogP contribution in [-0.4, -0.2) is 5.91 Å². The van der Waals surface area contributed by atoms with E-state index in [9.17, 15) is 18.0 Å². The number of carbonyl (C=O) groups is 1. The fraction of sp³-hybridized carbons (Fsp3) is 0.182. The van der Waals surface area contributed by atoms with E-state index in [1.807, 2.05) is 0 Å². The lowest BCUT2D eigenvalue weighted by molar-refractivity contribution is -0.137. The van der Waals surface area contributed by atoms with Crippen molar-refractivity contribution in [3.63, 3.8) is 0 Å². The maximum absolute atomic E-state index is 12.4. The van der Waals surface area contributed by atoms with Gasteiger partial charge in [-0.25, -0.2) is 0 Å². The van der Waals surface area contributed by atoms with Crippen LogP contribution in [0.15, 0.2) is 24.3 Å². The molecule has 0 atom stereocenters. The molecule has 86 valence electrons. The number of allylic oxidation sites excluding steroid dienone is 1. The fourth-order valence-electron chi connectivity index (χ4n) is 1.27. The second-order valence-corrected chi connectivity index (χ2v) is 3.16. The molecule has 0 bridgehead atoms. The zero-order valence-electron chi connectivity index (χ0n) is 8.51. The van der Waals surface area contributed by atoms with Gasteiger partial charge in [-0.15, -0.1) is 0 Å². The van der Waals surface area contributed by atoms with E-state index < -0.39 is 17.6 Å². The molecule has 0 saturated carbocycles. The van der Waals surface area contributed by atoms with E-state index in [-0.39, 0.29) is 5.56 Å². The number of hydrogen-bond donors (Lipinski definition) is 1. The first kappa shape index (κ1) is 12.3. The van der Waals surface area contributed by atoms with Crippen molar-refractivity contribution in [2.24, 2.45) is 5.73 Å². The van der Waals surface area contributed by atoms with Gasteiger partial charge in [-0.3, -0.25) is 4.79 Å². The van der Waals surface area contributed by atoms with Gasteiger partial charge >= 0.3 is 6.18 Å². The summed E-state index contributed by atoms with van der Waals surface area (Å²) in [6.07, 6.45) is -1.33. The molecule has 1 amide bonds. The third-order valence-corrected chi connectivity index (χ3v) is 1.99. The molecule has 2 nitrogen and oxygen atoms in total. The second-order valence-electron chi connectivity index (χ2n) is 3.16. The van der Waals surface area contributed by atoms with Crippen molar-refractivity contribution in [3.05, 3.63) is 41.0 Å². The largest absolute Gasteiger partial charge is 0.416 e. The Morgan fingerprint density at radius 3 is 2.44 bits per heavy atom. The molecule has 0 spiro atoms. The Labute approximate surface area is 90.6 Å². The quantitative estimate of drug-likeness (QED) is 0.832. The highest BCUT2D eigenvalue weighted by atomic mass is 19.4. The van der Waals surface area contributed by atoms with Gasteiger partial charge in [0.25, 0.3) is 0 Å². The second kappa shape index (κ2) is 4.38. The molecule has 0 aliphatic rings. The van der Waals surface area contributed by atoms with E-state index in [4.69, 9.17) is 5.73 Å². The van der Waals surface area contributed by atoms with Crippen LogP contribution in [0.1, 0.15) is 28.4 Å². The number of benzene rings is 1. The van der Waals surface area contributed by atoms with Gasteiger partial charge in [-0.1, -0.05) is 18.2 Å². The van der Waals surface area contributed by atoms with Crippen molar-refractivity contribution in [1.29, 1.82) is 0 Å². The fourth-order valence-corrected chi connectivity index (χ4v) is 1.27. The van der Waals surface area contributed by atoms with E-state index >= 15 is 0 Å². The number of primary amides is 1. The monoisotopic (exact) mass is 229 g/mol. The lowest BCUT2D eigenvalue weighted by Gasteiger charge is -2.09. The minimum atomic E-state index is -4.47. The van der Waals surface area contributed by atoms with E-state index in [2.05, 4.69) is 0 Å². The molecule has 0 saturated heterocycles. The number of nitrogens with two attached hydrogens (primary N) is 1. The maximum atomic E-state index is 12.4. The van der Waals surface area contributed by atoms with E-state index in [1.54, 1.807) is 13.0 Å². The summed E-state index contributed by atoms with van der Waals surface area (Å²) in [5.41, 5.74) is 4.38. The predicted octanol–water partition coefficient (Wildman–Crippen LogP) is 2.84. The van der Waals surface area contributed by atoms with Crippen LogP contribution in [0.3, 0.4) is 0 Å². The molecule has 0 heterocycles. The SMILES string of the molecule is CC=Cc1ccc(C(F)(F)F)cc1C(N)=O. The smallest absolute Gasteiger partial charge is 0.366 e. The van der Waals surface area contributed by atoms with Gasteiger partial charge in [-0.2, -0.15) is 13.2 Å². The summed E-state index contributed by atoms with van der Waals surface area (Å²) >= 11 is 0. The third-order valence-electron chi connectivity index (χ3n) is 1.99. The average Bonchev–Trinajstić information content (AvgIpc) is 2.16. The molecule has 1 aromatic rings. The summed E-state index contributed by atoms with van der Waals surface area (Å²) in [6, 6.07) is 2.91. The van der Waals surface area contributed by atoms with E-state index in [1.165, 1.54) is 12.1 Å². The molecular weight excluding hydrogens is 219 g/mol. The van der Waals surface area contributed by atoms with Crippen LogP contribution in [0.2, 0.25) is 0 Å². The molecule has 1 aromatic carbocycles. The van der Waals surface area contributed by atoms with Crippen molar-refractivity contribution in [2.75, 3.05) is 0 Å². The number of amides is 1. The first-order valence-corrected chi connectivity index (χ1v) is 4.50. The van der Waals surface area contributed by atoms with Gasteiger partial charge in [0.15, 0.2) is 0 Å². The van der Waals surface area contributed by atoms with Crippen molar-refractivity contribution in [1.82, 2.24) is 0 Å². The van der Waals surface area contributed by atoms with Gasteiger partial charge < -0.3 is 5.73 Å². The molecule has 16 heavy (non-hydrogen) atoms. The third kappa shape index (κ3) is 2.62. The number of halogens is 3. The first-order valence-electron chi connectivity index (χ1n) is 4.50. The molecule has 0 aromatic heterocycles. The molecule has 2 N–H and O–H groups in total. The Balaban J connectivity index is 3.34. The summed E-state index contributed by atoms with van der Waals surface area (Å²) in [7, 11) is 0. The molecule has 0 radical (unpaired) electrons. The Hall–Kier alpha value is -1.78. The summed E-state index contributed by atoms with van der Waals surface area (Å²) in [6.45, 7) is 1.70. The average molecular weight is 229 g/mol. The molecule has 0 aliphatic heterocycles. The van der Waals surface area contributed by atoms with Gasteiger partial charge in [0.1, 0.15) is 0 Å². The molecule has 5 heteroatoms. The highest BCUT2D eigenvalue weighted by molar-refractivity contribution is 5.96. The Kier molecular flexibility index (Phi) is 3.37. The Morgan fingerprint density at radius 1 is 1.38 bits per heavy atom. The standard InChI is InChI=1S/C11H10F3NO/c1-2-3-7-4-5-8(11(12,13)14)6-9(7)10(15)16/h2-6H,1H3,(H2,15,16). The molecule has 0 unspecified atom stereocenters. The lowest BCUT2D eigenvalue weighted by Crippen LogP contribution is -2.15. The number of rotatable bonds is 2. The Bertz CT molecular complexity index is 435. The van der Waals surface area contributed by atoms with Gasteiger partial charge in [-0.05, 0) is 24.6 Å². The first-order chi connectivity index (χ1) is 7.36. The van der Waals surface area contributed by atoms with Crippen LogP contribution in [-0.2, 0) is 6.18 Å².